The van der Waals surface area contributed by atoms with Crippen LogP contribution in [0.2, 0.25) is 20.1 Å². The van der Waals surface area contributed by atoms with Gasteiger partial charge in [0.2, 0.25) is 5.95 Å². The van der Waals surface area contributed by atoms with E-state index in [4.69, 9.17) is 46.4 Å². The summed E-state index contributed by atoms with van der Waals surface area (Å²) in [6.45, 7) is 5.64. The zero-order valence-corrected chi connectivity index (χ0v) is 22.3. The molecule has 10 heteroatoms. The van der Waals surface area contributed by atoms with Crippen LogP contribution < -0.4 is 10.6 Å². The van der Waals surface area contributed by atoms with Gasteiger partial charge in [0.1, 0.15) is 11.3 Å². The smallest absolute Gasteiger partial charge is 0.225 e. The van der Waals surface area contributed by atoms with Crippen molar-refractivity contribution >= 4 is 63.5 Å². The van der Waals surface area contributed by atoms with E-state index in [0.717, 1.165) is 5.56 Å². The summed E-state index contributed by atoms with van der Waals surface area (Å²) in [5.74, 6) is 1.13. The fraction of sp³-hybridized carbons (Fsp3) is 0.320. The first-order chi connectivity index (χ1) is 17.0. The lowest BCUT2D eigenvalue weighted by Gasteiger charge is -2.09. The Kier molecular flexibility index (Phi) is 9.09. The third kappa shape index (κ3) is 6.57. The van der Waals surface area contributed by atoms with E-state index in [2.05, 4.69) is 25.6 Å². The summed E-state index contributed by atoms with van der Waals surface area (Å²) in [4.78, 5) is 13.7. The lowest BCUT2D eigenvalue weighted by Crippen LogP contribution is -2.21. The molecule has 0 spiro atoms. The number of hydrogen-bond donors (Lipinski definition) is 2. The molecule has 6 nitrogen and oxygen atoms in total. The first-order valence-electron chi connectivity index (χ1n) is 11.5. The van der Waals surface area contributed by atoms with Gasteiger partial charge in [-0.3, -0.25) is 0 Å². The van der Waals surface area contributed by atoms with Crippen LogP contribution in [0.5, 0.6) is 0 Å². The summed E-state index contributed by atoms with van der Waals surface area (Å²) >= 11 is 24.9. The summed E-state index contributed by atoms with van der Waals surface area (Å²) in [5.41, 5.74) is 2.96. The fourth-order valence-electron chi connectivity index (χ4n) is 3.90. The van der Waals surface area contributed by atoms with E-state index in [1.807, 2.05) is 23.6 Å². The SMILES string of the molecule is C1CCNCC1.CCn1c(-c2c(Cl)cccc2Cl)nc2cnc(NCc3cc(Cl)cc(Cl)c3)nc21. The molecule has 2 N–H and O–H groups in total. The average Bonchev–Trinajstić information content (AvgIpc) is 3.21. The monoisotopic (exact) mass is 550 g/mol. The van der Waals surface area contributed by atoms with Crippen molar-refractivity contribution in [1.82, 2.24) is 24.8 Å². The van der Waals surface area contributed by atoms with Crippen LogP contribution in [0.1, 0.15) is 31.7 Å². The molecule has 2 aromatic heterocycles. The van der Waals surface area contributed by atoms with Crippen molar-refractivity contribution in [2.24, 2.45) is 0 Å². The van der Waals surface area contributed by atoms with Crippen LogP contribution in [0.25, 0.3) is 22.6 Å². The van der Waals surface area contributed by atoms with Gasteiger partial charge in [0.25, 0.3) is 0 Å². The molecule has 4 aromatic rings. The maximum Gasteiger partial charge on any atom is 0.225 e. The lowest BCUT2D eigenvalue weighted by molar-refractivity contribution is 0.520. The molecule has 0 amide bonds. The molecule has 0 aliphatic carbocycles. The molecule has 5 rings (SSSR count). The zero-order valence-electron chi connectivity index (χ0n) is 19.3. The second-order valence-electron chi connectivity index (χ2n) is 8.12. The van der Waals surface area contributed by atoms with E-state index >= 15 is 0 Å². The lowest BCUT2D eigenvalue weighted by atomic mass is 10.2. The summed E-state index contributed by atoms with van der Waals surface area (Å²) in [6.07, 6.45) is 5.89. The van der Waals surface area contributed by atoms with Gasteiger partial charge in [0.15, 0.2) is 5.65 Å². The Morgan fingerprint density at radius 1 is 0.943 bits per heavy atom. The standard InChI is InChI=1S/C20H15Cl4N5.C5H11N/c1-2-29-18-16(27-19(29)17-14(23)4-3-5-15(17)24)10-26-20(28-18)25-9-11-6-12(21)8-13(22)7-11;1-2-4-6-5-3-1/h3-8,10H,2,9H2,1H3,(H,25,26,28);6H,1-5H2. The van der Waals surface area contributed by atoms with Crippen molar-refractivity contribution in [3.63, 3.8) is 0 Å². The number of halogens is 4. The Morgan fingerprint density at radius 3 is 2.20 bits per heavy atom. The quantitative estimate of drug-likeness (QED) is 0.269. The number of aryl methyl sites for hydroxylation is 1. The molecule has 1 fully saturated rings. The molecule has 184 valence electrons. The molecule has 1 aliphatic heterocycles. The van der Waals surface area contributed by atoms with E-state index in [1.165, 1.54) is 32.4 Å². The van der Waals surface area contributed by atoms with Crippen LogP contribution in [0.15, 0.2) is 42.6 Å². The van der Waals surface area contributed by atoms with E-state index in [1.54, 1.807) is 30.5 Å². The maximum absolute atomic E-state index is 6.39. The molecule has 0 saturated carbocycles. The Bertz CT molecular complexity index is 1250. The average molecular weight is 552 g/mol. The minimum absolute atomic E-state index is 0.472. The number of piperidine rings is 1. The molecule has 0 bridgehead atoms. The van der Waals surface area contributed by atoms with Crippen LogP contribution in [-0.2, 0) is 13.1 Å². The highest BCUT2D eigenvalue weighted by atomic mass is 35.5. The van der Waals surface area contributed by atoms with Crippen LogP contribution in [0.4, 0.5) is 5.95 Å². The van der Waals surface area contributed by atoms with Crippen molar-refractivity contribution in [2.45, 2.75) is 39.3 Å². The highest BCUT2D eigenvalue weighted by Crippen LogP contribution is 2.35. The van der Waals surface area contributed by atoms with E-state index in [-0.39, 0.29) is 0 Å². The minimum atomic E-state index is 0.472. The normalized spacial score (nSPS) is 13.4. The molecule has 0 atom stereocenters. The van der Waals surface area contributed by atoms with Crippen LogP contribution in [0, 0.1) is 0 Å². The molecular formula is C25H26Cl4N6. The number of hydrogen-bond acceptors (Lipinski definition) is 5. The molecule has 0 unspecified atom stereocenters. The predicted octanol–water partition coefficient (Wildman–Crippen LogP) is 7.50. The molecule has 1 saturated heterocycles. The number of rotatable bonds is 5. The van der Waals surface area contributed by atoms with Crippen LogP contribution in [0.3, 0.4) is 0 Å². The minimum Gasteiger partial charge on any atom is -0.350 e. The molecule has 3 heterocycles. The van der Waals surface area contributed by atoms with Gasteiger partial charge < -0.3 is 15.2 Å². The summed E-state index contributed by atoms with van der Waals surface area (Å²) in [6, 6.07) is 10.8. The van der Waals surface area contributed by atoms with E-state index < -0.39 is 0 Å². The topological polar surface area (TPSA) is 67.7 Å². The first kappa shape index (κ1) is 26.0. The number of nitrogens with one attached hydrogen (secondary N) is 2. The molecule has 2 aromatic carbocycles. The number of benzene rings is 2. The van der Waals surface area contributed by atoms with Gasteiger partial charge >= 0.3 is 0 Å². The largest absolute Gasteiger partial charge is 0.350 e. The van der Waals surface area contributed by atoms with Crippen molar-refractivity contribution < 1.29 is 0 Å². The highest BCUT2D eigenvalue weighted by Gasteiger charge is 2.18. The molecule has 1 aliphatic rings. The van der Waals surface area contributed by atoms with Gasteiger partial charge in [-0.1, -0.05) is 58.9 Å². The number of nitrogens with zero attached hydrogens (tertiary/aromatic N) is 4. The highest BCUT2D eigenvalue weighted by molar-refractivity contribution is 6.39. The third-order valence-electron chi connectivity index (χ3n) is 5.57. The maximum atomic E-state index is 6.39. The summed E-state index contributed by atoms with van der Waals surface area (Å²) < 4.78 is 1.96. The van der Waals surface area contributed by atoms with Gasteiger partial charge in [-0.15, -0.1) is 0 Å². The van der Waals surface area contributed by atoms with Gasteiger partial charge in [-0.05, 0) is 68.8 Å². The van der Waals surface area contributed by atoms with Gasteiger partial charge in [0.05, 0.1) is 21.8 Å². The fourth-order valence-corrected chi connectivity index (χ4v) is 5.04. The van der Waals surface area contributed by atoms with Crippen LogP contribution >= 0.6 is 46.4 Å². The molecule has 35 heavy (non-hydrogen) atoms. The molecule has 0 radical (unpaired) electrons. The predicted molar refractivity (Wildman–Crippen MR) is 147 cm³/mol. The number of aromatic nitrogens is 4. The zero-order chi connectivity index (χ0) is 24.8. The van der Waals surface area contributed by atoms with Crippen molar-refractivity contribution in [3.05, 3.63) is 68.2 Å². The van der Waals surface area contributed by atoms with Gasteiger partial charge in [-0.2, -0.15) is 4.98 Å². The van der Waals surface area contributed by atoms with Crippen molar-refractivity contribution in [3.8, 4) is 11.4 Å². The first-order valence-corrected chi connectivity index (χ1v) is 13.0. The summed E-state index contributed by atoms with van der Waals surface area (Å²) in [5, 5.41) is 8.71. The van der Waals surface area contributed by atoms with Gasteiger partial charge in [0, 0.05) is 23.1 Å². The third-order valence-corrected chi connectivity index (χ3v) is 6.64. The second-order valence-corrected chi connectivity index (χ2v) is 9.81. The Hall–Kier alpha value is -2.09. The van der Waals surface area contributed by atoms with Crippen molar-refractivity contribution in [1.29, 1.82) is 0 Å². The Balaban J connectivity index is 0.000000421. The number of anilines is 1. The van der Waals surface area contributed by atoms with Crippen LogP contribution in [-0.4, -0.2) is 32.6 Å². The molecular weight excluding hydrogens is 526 g/mol. The van der Waals surface area contributed by atoms with E-state index in [9.17, 15) is 0 Å². The Labute approximate surface area is 225 Å². The van der Waals surface area contributed by atoms with E-state index in [0.29, 0.717) is 61.7 Å². The number of imidazole rings is 1. The second kappa shape index (κ2) is 12.2. The van der Waals surface area contributed by atoms with Crippen molar-refractivity contribution in [2.75, 3.05) is 18.4 Å². The Morgan fingerprint density at radius 2 is 1.63 bits per heavy atom. The summed E-state index contributed by atoms with van der Waals surface area (Å²) in [7, 11) is 0. The number of fused-ring (bicyclic) bond motifs is 1. The van der Waals surface area contributed by atoms with Gasteiger partial charge in [-0.25, -0.2) is 9.97 Å².